The predicted molar refractivity (Wildman–Crippen MR) is 130 cm³/mol. The second-order valence-corrected chi connectivity index (χ2v) is 9.80. The number of amides is 1. The summed E-state index contributed by atoms with van der Waals surface area (Å²) in [5, 5.41) is 6.00. The van der Waals surface area contributed by atoms with Gasteiger partial charge in [-0.1, -0.05) is 12.1 Å². The van der Waals surface area contributed by atoms with Crippen molar-refractivity contribution in [2.24, 2.45) is 0 Å². The minimum Gasteiger partial charge on any atom is -0.493 e. The maximum Gasteiger partial charge on any atom is 0.266 e. The molecule has 1 aliphatic rings. The standard InChI is InChI=1S/C24H28N2O4S2/c1-15-16(2)32-24(25-23(27)20-6-5-13-31-20)21(15)22(26-9-11-30-12-10-26)17-7-8-18(28-3)19(14-17)29-4/h5-8,13-14,22H,9-12H2,1-4H3,(H,25,27)/t22-/m1/s1. The van der Waals surface area contributed by atoms with Crippen LogP contribution < -0.4 is 14.8 Å². The van der Waals surface area contributed by atoms with Crippen molar-refractivity contribution in [3.63, 3.8) is 0 Å². The third-order valence-electron chi connectivity index (χ3n) is 5.81. The first-order chi connectivity index (χ1) is 15.5. The van der Waals surface area contributed by atoms with Gasteiger partial charge in [0.15, 0.2) is 11.5 Å². The number of benzene rings is 1. The van der Waals surface area contributed by atoms with E-state index in [9.17, 15) is 4.79 Å². The lowest BCUT2D eigenvalue weighted by molar-refractivity contribution is 0.0240. The van der Waals surface area contributed by atoms with Gasteiger partial charge >= 0.3 is 0 Å². The highest BCUT2D eigenvalue weighted by molar-refractivity contribution is 7.17. The van der Waals surface area contributed by atoms with Crippen molar-refractivity contribution < 1.29 is 19.0 Å². The van der Waals surface area contributed by atoms with Gasteiger partial charge in [0.25, 0.3) is 5.91 Å². The van der Waals surface area contributed by atoms with Crippen molar-refractivity contribution in [3.05, 3.63) is 62.2 Å². The highest BCUT2D eigenvalue weighted by Gasteiger charge is 2.31. The molecule has 1 saturated heterocycles. The minimum absolute atomic E-state index is 0.0395. The fraction of sp³-hybridized carbons (Fsp3) is 0.375. The quantitative estimate of drug-likeness (QED) is 0.517. The fourth-order valence-electron chi connectivity index (χ4n) is 4.06. The number of methoxy groups -OCH3 is 2. The Morgan fingerprint density at radius 3 is 2.53 bits per heavy atom. The predicted octanol–water partition coefficient (Wildman–Crippen LogP) is 5.12. The van der Waals surface area contributed by atoms with Crippen molar-refractivity contribution in [3.8, 4) is 11.5 Å². The average molecular weight is 473 g/mol. The van der Waals surface area contributed by atoms with E-state index in [4.69, 9.17) is 14.2 Å². The normalized spacial score (nSPS) is 15.4. The summed E-state index contributed by atoms with van der Waals surface area (Å²) in [6, 6.07) is 9.77. The minimum atomic E-state index is -0.0736. The van der Waals surface area contributed by atoms with Crippen molar-refractivity contribution in [1.29, 1.82) is 0 Å². The molecule has 2 aromatic heterocycles. The van der Waals surface area contributed by atoms with Gasteiger partial charge in [0, 0.05) is 23.5 Å². The zero-order valence-electron chi connectivity index (χ0n) is 18.8. The van der Waals surface area contributed by atoms with E-state index < -0.39 is 0 Å². The summed E-state index contributed by atoms with van der Waals surface area (Å²) in [5.41, 5.74) is 3.42. The molecule has 0 aliphatic carbocycles. The maximum absolute atomic E-state index is 12.9. The molecule has 0 spiro atoms. The van der Waals surface area contributed by atoms with Gasteiger partial charge in [0.05, 0.1) is 38.4 Å². The van der Waals surface area contributed by atoms with Gasteiger partial charge in [0.2, 0.25) is 0 Å². The second-order valence-electron chi connectivity index (χ2n) is 7.62. The first-order valence-corrected chi connectivity index (χ1v) is 12.2. The van der Waals surface area contributed by atoms with Gasteiger partial charge in [-0.15, -0.1) is 22.7 Å². The van der Waals surface area contributed by atoms with E-state index in [-0.39, 0.29) is 11.9 Å². The largest absolute Gasteiger partial charge is 0.493 e. The van der Waals surface area contributed by atoms with Crippen LogP contribution in [0, 0.1) is 13.8 Å². The van der Waals surface area contributed by atoms with Crippen LogP contribution in [-0.4, -0.2) is 51.3 Å². The third-order valence-corrected chi connectivity index (χ3v) is 7.82. The molecule has 6 nitrogen and oxygen atoms in total. The monoisotopic (exact) mass is 472 g/mol. The van der Waals surface area contributed by atoms with Crippen LogP contribution in [0.2, 0.25) is 0 Å². The molecule has 0 bridgehead atoms. The van der Waals surface area contributed by atoms with Crippen LogP contribution >= 0.6 is 22.7 Å². The van der Waals surface area contributed by atoms with Gasteiger partial charge in [-0.05, 0) is 48.6 Å². The lowest BCUT2D eigenvalue weighted by Gasteiger charge is -2.36. The summed E-state index contributed by atoms with van der Waals surface area (Å²) >= 11 is 3.07. The SMILES string of the molecule is COc1ccc([C@H](c2c(NC(=O)c3cccs3)sc(C)c2C)N2CCOCC2)cc1OC. The van der Waals surface area contributed by atoms with Crippen molar-refractivity contribution in [2.75, 3.05) is 45.8 Å². The zero-order valence-corrected chi connectivity index (χ0v) is 20.4. The Morgan fingerprint density at radius 1 is 1.12 bits per heavy atom. The fourth-order valence-corrected chi connectivity index (χ4v) is 5.76. The Kier molecular flexibility index (Phi) is 7.15. The summed E-state index contributed by atoms with van der Waals surface area (Å²) in [6.07, 6.45) is 0. The van der Waals surface area contributed by atoms with Crippen LogP contribution in [0.3, 0.4) is 0 Å². The van der Waals surface area contributed by atoms with Gasteiger partial charge < -0.3 is 19.5 Å². The van der Waals surface area contributed by atoms with Gasteiger partial charge in [-0.25, -0.2) is 0 Å². The molecule has 4 rings (SSSR count). The molecular formula is C24H28N2O4S2. The Hall–Kier alpha value is -2.39. The summed E-state index contributed by atoms with van der Waals surface area (Å²) in [4.78, 5) is 17.2. The van der Waals surface area contributed by atoms with Gasteiger partial charge in [-0.2, -0.15) is 0 Å². The van der Waals surface area contributed by atoms with Crippen LogP contribution in [0.5, 0.6) is 11.5 Å². The smallest absolute Gasteiger partial charge is 0.266 e. The highest BCUT2D eigenvalue weighted by atomic mass is 32.1. The molecule has 0 radical (unpaired) electrons. The Morgan fingerprint density at radius 2 is 1.88 bits per heavy atom. The zero-order chi connectivity index (χ0) is 22.7. The first kappa shape index (κ1) is 22.8. The van der Waals surface area contributed by atoms with Gasteiger partial charge in [-0.3, -0.25) is 9.69 Å². The van der Waals surface area contributed by atoms with Crippen LogP contribution in [0.1, 0.15) is 37.3 Å². The van der Waals surface area contributed by atoms with E-state index in [1.807, 2.05) is 29.6 Å². The van der Waals surface area contributed by atoms with Gasteiger partial charge in [0.1, 0.15) is 5.00 Å². The Balaban J connectivity index is 1.80. The Bertz CT molecular complexity index is 1070. The number of aryl methyl sites for hydroxylation is 1. The van der Waals surface area contributed by atoms with Crippen LogP contribution in [-0.2, 0) is 4.74 Å². The van der Waals surface area contributed by atoms with E-state index in [2.05, 4.69) is 30.1 Å². The lowest BCUT2D eigenvalue weighted by atomic mass is 9.94. The number of nitrogens with zero attached hydrogens (tertiary/aromatic N) is 1. The van der Waals surface area contributed by atoms with E-state index in [0.29, 0.717) is 29.6 Å². The summed E-state index contributed by atoms with van der Waals surface area (Å²) in [7, 11) is 3.29. The van der Waals surface area contributed by atoms with Crippen LogP contribution in [0.25, 0.3) is 0 Å². The molecule has 3 aromatic rings. The molecule has 1 aromatic carbocycles. The number of thiophene rings is 2. The molecule has 1 atom stereocenters. The van der Waals surface area contributed by atoms with E-state index in [1.54, 1.807) is 25.6 Å². The average Bonchev–Trinajstić information content (AvgIpc) is 3.45. The maximum atomic E-state index is 12.9. The molecule has 1 amide bonds. The van der Waals surface area contributed by atoms with Crippen LogP contribution in [0.15, 0.2) is 35.7 Å². The lowest BCUT2D eigenvalue weighted by Crippen LogP contribution is -2.40. The van der Waals surface area contributed by atoms with Crippen molar-refractivity contribution >= 4 is 33.6 Å². The highest BCUT2D eigenvalue weighted by Crippen LogP contribution is 2.44. The number of carbonyl (C=O) groups excluding carboxylic acids is 1. The molecule has 1 N–H and O–H groups in total. The molecule has 1 fully saturated rings. The number of anilines is 1. The van der Waals surface area contributed by atoms with Crippen LogP contribution in [0.4, 0.5) is 5.00 Å². The molecule has 1 aliphatic heterocycles. The molecule has 0 unspecified atom stereocenters. The van der Waals surface area contributed by atoms with Crippen molar-refractivity contribution in [1.82, 2.24) is 4.90 Å². The number of hydrogen-bond acceptors (Lipinski definition) is 7. The number of carbonyl (C=O) groups is 1. The molecule has 170 valence electrons. The topological polar surface area (TPSA) is 60.0 Å². The molecule has 0 saturated carbocycles. The Labute approximate surface area is 196 Å². The summed E-state index contributed by atoms with van der Waals surface area (Å²) < 4.78 is 16.7. The van der Waals surface area contributed by atoms with E-state index in [0.717, 1.165) is 29.2 Å². The molecule has 8 heteroatoms. The first-order valence-electron chi connectivity index (χ1n) is 10.5. The summed E-state index contributed by atoms with van der Waals surface area (Å²) in [5.74, 6) is 1.31. The van der Waals surface area contributed by atoms with E-state index in [1.165, 1.54) is 21.8 Å². The molecular weight excluding hydrogens is 444 g/mol. The van der Waals surface area contributed by atoms with E-state index >= 15 is 0 Å². The summed E-state index contributed by atoms with van der Waals surface area (Å²) in [6.45, 7) is 7.23. The second kappa shape index (κ2) is 10.0. The number of nitrogens with one attached hydrogen (secondary N) is 1. The number of morpholine rings is 1. The third kappa shape index (κ3) is 4.54. The number of hydrogen-bond donors (Lipinski definition) is 1. The molecule has 3 heterocycles. The number of ether oxygens (including phenoxy) is 3. The molecule has 32 heavy (non-hydrogen) atoms. The van der Waals surface area contributed by atoms with Crippen molar-refractivity contribution in [2.45, 2.75) is 19.9 Å². The number of rotatable bonds is 7.